The maximum absolute atomic E-state index is 11.2. The van der Waals surface area contributed by atoms with Crippen molar-refractivity contribution >= 4 is 60.8 Å². The van der Waals surface area contributed by atoms with Crippen molar-refractivity contribution in [3.05, 3.63) is 0 Å². The summed E-state index contributed by atoms with van der Waals surface area (Å²) < 4.78 is 89.5. The van der Waals surface area contributed by atoms with E-state index in [1.807, 2.05) is 0 Å². The average molecular weight is 971 g/mol. The van der Waals surface area contributed by atoms with Crippen LogP contribution in [0, 0.1) is 0 Å². The molecule has 0 aliphatic heterocycles. The quantitative estimate of drug-likeness (QED) is 0.0474. The van der Waals surface area contributed by atoms with E-state index in [0.717, 1.165) is 20.4 Å². The normalized spacial score (nSPS) is 14.1. The molecule has 55 heavy (non-hydrogen) atoms. The molecule has 0 bridgehead atoms. The van der Waals surface area contributed by atoms with Gasteiger partial charge >= 0.3 is 60.8 Å². The molecule has 0 aromatic heterocycles. The molecule has 0 unspecified atom stereocenters. The largest absolute Gasteiger partial charge is 0.355 e. The monoisotopic (exact) mass is 971 g/mol. The summed E-state index contributed by atoms with van der Waals surface area (Å²) in [5, 5.41) is 0. The summed E-state index contributed by atoms with van der Waals surface area (Å²) in [7, 11) is -45.5. The Kier molecular flexibility index (Phi) is 27.6. The maximum atomic E-state index is 11.2. The van der Waals surface area contributed by atoms with Crippen LogP contribution in [0.3, 0.4) is 0 Å². The van der Waals surface area contributed by atoms with E-state index in [0.29, 0.717) is 0 Å². The van der Waals surface area contributed by atoms with E-state index >= 15 is 0 Å². The predicted molar refractivity (Wildman–Crippen MR) is 197 cm³/mol. The Morgan fingerprint density at radius 2 is 0.509 bits per heavy atom. The Bertz CT molecular complexity index is 1210. The van der Waals surface area contributed by atoms with Gasteiger partial charge in [0.25, 0.3) is 0 Å². The molecule has 0 spiro atoms. The highest BCUT2D eigenvalue weighted by atomic mass is 31.3. The van der Waals surface area contributed by atoms with Crippen molar-refractivity contribution in [2.24, 2.45) is 5.73 Å². The predicted octanol–water partition coefficient (Wildman–Crippen LogP) is 1.04. The van der Waals surface area contributed by atoms with E-state index in [1.54, 1.807) is 0 Å². The third-order valence-electron chi connectivity index (χ3n) is 6.88. The summed E-state index contributed by atoms with van der Waals surface area (Å²) >= 11 is 0. The maximum Gasteiger partial charge on any atom is 0.355 e. The highest BCUT2D eigenvalue weighted by molar-refractivity contribution is 7.73. The Morgan fingerprint density at radius 3 is 0.636 bits per heavy atom. The summed E-state index contributed by atoms with van der Waals surface area (Å²) in [4.78, 5) is 143. The van der Waals surface area contributed by atoms with Crippen molar-refractivity contribution < 1.29 is 115 Å². The molecule has 0 aliphatic carbocycles. The molecule has 0 aliphatic rings. The molecule has 18 N–H and O–H groups in total. The molecular weight excluding hydrogens is 914 g/mol. The minimum atomic E-state index is -5.69. The number of unbranched alkanes of at least 4 members (excludes halogenated alkanes) is 9. The van der Waals surface area contributed by atoms with Gasteiger partial charge in [0.15, 0.2) is 0 Å². The van der Waals surface area contributed by atoms with Crippen molar-refractivity contribution in [1.82, 2.24) is 9.80 Å². The van der Waals surface area contributed by atoms with Crippen LogP contribution in [0.15, 0.2) is 0 Å². The van der Waals surface area contributed by atoms with Gasteiger partial charge in [-0.15, -0.1) is 0 Å². The first-order valence-corrected chi connectivity index (χ1v) is 29.4. The molecule has 27 nitrogen and oxygen atoms in total. The van der Waals surface area contributed by atoms with Crippen LogP contribution in [-0.4, -0.2) is 130 Å². The molecule has 336 valence electrons. The van der Waals surface area contributed by atoms with E-state index in [4.69, 9.17) is 84.0 Å². The van der Waals surface area contributed by atoms with Gasteiger partial charge in [-0.1, -0.05) is 78.6 Å². The molecule has 0 aromatic rings. The lowest BCUT2D eigenvalue weighted by Crippen LogP contribution is -2.42. The van der Waals surface area contributed by atoms with E-state index in [1.165, 1.54) is 64.2 Å². The molecule has 0 fully saturated rings. The van der Waals surface area contributed by atoms with Crippen LogP contribution in [0.5, 0.6) is 0 Å². The van der Waals surface area contributed by atoms with Crippen molar-refractivity contribution in [1.29, 1.82) is 0 Å². The van der Waals surface area contributed by atoms with Crippen LogP contribution in [0.4, 0.5) is 0 Å². The van der Waals surface area contributed by atoms with Crippen LogP contribution in [0.25, 0.3) is 0 Å². The minimum absolute atomic E-state index is 0.261. The van der Waals surface area contributed by atoms with Gasteiger partial charge in [-0.25, -0.2) is 0 Å². The first-order valence-electron chi connectivity index (χ1n) is 15.9. The van der Waals surface area contributed by atoms with Crippen molar-refractivity contribution in [2.75, 3.05) is 19.6 Å². The summed E-state index contributed by atoms with van der Waals surface area (Å²) in [6.07, 6.45) is 13.9. The molecule has 0 amide bonds. The third kappa shape index (κ3) is 24.8. The molecule has 0 saturated heterocycles. The first kappa shape index (κ1) is 60.4. The van der Waals surface area contributed by atoms with Crippen molar-refractivity contribution in [2.45, 2.75) is 107 Å². The second-order valence-corrected chi connectivity index (χ2v) is 26.7. The lowest BCUT2D eigenvalue weighted by Gasteiger charge is -2.37. The zero-order valence-electron chi connectivity index (χ0n) is 30.0. The van der Waals surface area contributed by atoms with Crippen LogP contribution in [0.2, 0.25) is 0 Å². The van der Waals surface area contributed by atoms with Gasteiger partial charge in [-0.3, -0.25) is 46.3 Å². The average Bonchev–Trinajstić information content (AvgIpc) is 2.90. The van der Waals surface area contributed by atoms with E-state index in [9.17, 15) is 36.5 Å². The molecule has 0 heterocycles. The zero-order chi connectivity index (χ0) is 44.7. The van der Waals surface area contributed by atoms with Gasteiger partial charge in [-0.05, 0) is 26.1 Å². The summed E-state index contributed by atoms with van der Waals surface area (Å²) in [6.45, 7) is 3.33. The van der Waals surface area contributed by atoms with Crippen molar-refractivity contribution in [3.8, 4) is 0 Å². The molecule has 0 rings (SSSR count). The molecule has 0 saturated carbocycles. The fourth-order valence-corrected chi connectivity index (χ4v) is 17.4. The number of hydrogen-bond donors (Lipinski definition) is 17. The fraction of sp³-hybridized carbons (Fsp3) is 1.00. The highest BCUT2D eigenvalue weighted by Gasteiger charge is 2.59. The lowest BCUT2D eigenvalue weighted by molar-refractivity contribution is 0.203. The van der Waals surface area contributed by atoms with Gasteiger partial charge in [-0.2, -0.15) is 0 Å². The summed E-state index contributed by atoms with van der Waals surface area (Å²) in [6, 6.07) is 0. The Hall–Kier alpha value is 1.08. The molecular formula is C20H57N3O24P8. The SMILES string of the molecule is CCCCCCCCCCCCN.CCN(C(P(=O)(O)O)P(=O)(O)O)C(P(=O)(O)O)P(=O)(O)O.CCN(C(P(=O)(O)O)P(=O)(O)O)C(P(=O)(O)O)P(=O)(O)O. The Morgan fingerprint density at radius 1 is 0.345 bits per heavy atom. The number of nitrogens with two attached hydrogens (primary N) is 1. The van der Waals surface area contributed by atoms with Crippen LogP contribution >= 0.6 is 60.8 Å². The lowest BCUT2D eigenvalue weighted by atomic mass is 10.1. The van der Waals surface area contributed by atoms with Crippen LogP contribution < -0.4 is 5.73 Å². The minimum Gasteiger partial charge on any atom is -0.330 e. The fourth-order valence-electron chi connectivity index (χ4n) is 4.85. The smallest absolute Gasteiger partial charge is 0.330 e. The van der Waals surface area contributed by atoms with E-state index < -0.39 is 96.0 Å². The second-order valence-electron chi connectivity index (χ2n) is 11.7. The number of rotatable bonds is 24. The Labute approximate surface area is 317 Å². The van der Waals surface area contributed by atoms with Gasteiger partial charge in [0.1, 0.15) is 0 Å². The zero-order valence-corrected chi connectivity index (χ0v) is 37.1. The molecule has 0 aromatic carbocycles. The van der Waals surface area contributed by atoms with Gasteiger partial charge in [0.05, 0.1) is 0 Å². The topological polar surface area (TPSA) is 493 Å². The molecule has 35 heteroatoms. The number of nitrogens with zero attached hydrogens (tertiary/aromatic N) is 2. The standard InChI is InChI=1S/C12H27N.2C4H15NO12P4/c1-2-3-4-5-6-7-8-9-10-11-12-13;2*1-2-5(3(18(6,7)8)19(9,10)11)4(20(12,13)14)21(15,16)17/h2-13H2,1H3;2*3-4H,2H2,1H3,(H2,6,7,8)(H2,9,10,11)(H2,12,13,14)(H2,15,16,17). The first-order chi connectivity index (χ1) is 24.3. The van der Waals surface area contributed by atoms with Gasteiger partial charge < -0.3 is 84.0 Å². The highest BCUT2D eigenvalue weighted by Crippen LogP contribution is 2.70. The summed E-state index contributed by atoms with van der Waals surface area (Å²) in [5.41, 5.74) is -6.96. The Balaban J connectivity index is -0.000000760. The molecule has 0 radical (unpaired) electrons. The van der Waals surface area contributed by atoms with Gasteiger partial charge in [0.2, 0.25) is 22.1 Å². The van der Waals surface area contributed by atoms with Crippen LogP contribution in [0.1, 0.15) is 85.0 Å². The van der Waals surface area contributed by atoms with E-state index in [2.05, 4.69) is 6.92 Å². The third-order valence-corrected chi connectivity index (χ3v) is 21.3. The van der Waals surface area contributed by atoms with Crippen LogP contribution in [-0.2, 0) is 36.5 Å². The van der Waals surface area contributed by atoms with Gasteiger partial charge in [0, 0.05) is 0 Å². The van der Waals surface area contributed by atoms with E-state index in [-0.39, 0.29) is 9.80 Å². The summed E-state index contributed by atoms with van der Waals surface area (Å²) in [5.74, 6) is 0. The number of hydrogen-bond acceptors (Lipinski definition) is 11. The van der Waals surface area contributed by atoms with Crippen molar-refractivity contribution in [3.63, 3.8) is 0 Å². The molecule has 0 atom stereocenters. The second kappa shape index (κ2) is 25.1.